The highest BCUT2D eigenvalue weighted by Gasteiger charge is 2.06. The first-order valence-corrected chi connectivity index (χ1v) is 21.0. The van der Waals surface area contributed by atoms with Gasteiger partial charge >= 0.3 is 5.97 Å². The van der Waals surface area contributed by atoms with E-state index in [1.165, 1.54) is 5.56 Å². The number of carbonyl (C=O) groups is 2. The van der Waals surface area contributed by atoms with Crippen LogP contribution in [0.5, 0.6) is 0 Å². The van der Waals surface area contributed by atoms with E-state index >= 15 is 0 Å². The average molecular weight is 881 g/mol. The number of nitrogens with two attached hydrogens (primary N) is 1. The molecule has 1 aromatic carbocycles. The number of aliphatic carboxylic acids is 1. The van der Waals surface area contributed by atoms with Crippen LogP contribution in [0.2, 0.25) is 0 Å². The van der Waals surface area contributed by atoms with Crippen LogP contribution in [0.15, 0.2) is 24.3 Å². The Balaban J connectivity index is 1.71. The van der Waals surface area contributed by atoms with Crippen LogP contribution in [-0.2, 0) is 72.9 Å². The molecule has 0 bridgehead atoms. The Hall–Kier alpha value is -2.67. The lowest BCUT2D eigenvalue weighted by atomic mass is 10.0. The molecule has 1 rings (SSSR count). The fourth-order valence-electron chi connectivity index (χ4n) is 4.73. The van der Waals surface area contributed by atoms with Gasteiger partial charge in [-0.05, 0) is 48.8 Å². The van der Waals surface area contributed by atoms with E-state index in [9.17, 15) is 9.59 Å². The fourth-order valence-corrected chi connectivity index (χ4v) is 4.95. The Morgan fingerprint density at radius 2 is 0.900 bits per heavy atom. The zero-order valence-corrected chi connectivity index (χ0v) is 36.4. The predicted octanol–water partition coefficient (Wildman–Crippen LogP) is 0.900. The molecule has 0 aliphatic carbocycles. The predicted molar refractivity (Wildman–Crippen MR) is 228 cm³/mol. The van der Waals surface area contributed by atoms with Crippen molar-refractivity contribution in [2.75, 3.05) is 184 Å². The van der Waals surface area contributed by atoms with Crippen molar-refractivity contribution in [2.45, 2.75) is 19.8 Å². The van der Waals surface area contributed by atoms with E-state index < -0.39 is 5.97 Å². The summed E-state index contributed by atoms with van der Waals surface area (Å²) in [5.74, 6) is -0.908. The van der Waals surface area contributed by atoms with Gasteiger partial charge < -0.3 is 83.6 Å². The standard InChI is InChI=1S/C40H72N4O15S/c1-35(33-42-34-39(46)47)32-36-2-4-37(5-3-36)44-40(60)43-7-9-49-11-13-51-15-17-53-19-21-55-23-25-57-27-29-59-31-30-58-28-26-56-24-22-54-20-18-52-16-14-50-12-10-48-8-6-38(41)45/h2-5,35,42H,6-34H2,1H3,(H2,41,45)(H,46,47)(H2,43,44,60). The van der Waals surface area contributed by atoms with Crippen LogP contribution in [0.4, 0.5) is 5.69 Å². The number of anilines is 1. The maximum Gasteiger partial charge on any atom is 0.317 e. The second kappa shape index (κ2) is 43.0. The SMILES string of the molecule is CC(CNCC(=O)O)Cc1ccc(NC(=S)NCCOCCOCCOCCOCCOCCOCCOCCOCCOCCOCCOCCOCCC(N)=O)cc1. The van der Waals surface area contributed by atoms with Crippen LogP contribution in [0.1, 0.15) is 18.9 Å². The first-order chi connectivity index (χ1) is 29.4. The summed E-state index contributed by atoms with van der Waals surface area (Å²) in [4.78, 5) is 21.2. The van der Waals surface area contributed by atoms with Crippen molar-refractivity contribution < 1.29 is 71.5 Å². The second-order valence-corrected chi connectivity index (χ2v) is 13.4. The smallest absolute Gasteiger partial charge is 0.317 e. The largest absolute Gasteiger partial charge is 0.480 e. The van der Waals surface area contributed by atoms with Crippen LogP contribution in [0.25, 0.3) is 0 Å². The van der Waals surface area contributed by atoms with Crippen LogP contribution in [0, 0.1) is 5.92 Å². The maximum absolute atomic E-state index is 10.6. The molecular weight excluding hydrogens is 809 g/mol. The Kier molecular flexibility index (Phi) is 39.7. The number of ether oxygens (including phenoxy) is 12. The van der Waals surface area contributed by atoms with Gasteiger partial charge in [0.15, 0.2) is 5.11 Å². The topological polar surface area (TPSA) is 227 Å². The van der Waals surface area contributed by atoms with E-state index in [2.05, 4.69) is 22.9 Å². The summed E-state index contributed by atoms with van der Waals surface area (Å²) in [6.45, 7) is 14.5. The quantitative estimate of drug-likeness (QED) is 0.0453. The summed E-state index contributed by atoms with van der Waals surface area (Å²) in [6, 6.07) is 8.03. The van der Waals surface area contributed by atoms with Crippen LogP contribution in [0.3, 0.4) is 0 Å². The first kappa shape index (κ1) is 55.3. The van der Waals surface area contributed by atoms with Gasteiger partial charge in [0.05, 0.1) is 165 Å². The Bertz CT molecular complexity index is 1150. The molecule has 1 aromatic rings. The number of hydrogen-bond donors (Lipinski definition) is 5. The zero-order valence-electron chi connectivity index (χ0n) is 35.5. The highest BCUT2D eigenvalue weighted by atomic mass is 32.1. The third-order valence-corrected chi connectivity index (χ3v) is 7.93. The van der Waals surface area contributed by atoms with Crippen molar-refractivity contribution in [1.82, 2.24) is 10.6 Å². The number of thiocarbonyl (C=S) groups is 1. The molecule has 60 heavy (non-hydrogen) atoms. The molecule has 1 unspecified atom stereocenters. The van der Waals surface area contributed by atoms with Gasteiger partial charge in [-0.2, -0.15) is 0 Å². The first-order valence-electron chi connectivity index (χ1n) is 20.6. The molecule has 0 fully saturated rings. The Morgan fingerprint density at radius 1 is 0.567 bits per heavy atom. The second-order valence-electron chi connectivity index (χ2n) is 13.0. The van der Waals surface area contributed by atoms with Crippen molar-refractivity contribution in [3.05, 3.63) is 29.8 Å². The molecule has 0 spiro atoms. The van der Waals surface area contributed by atoms with Gasteiger partial charge in [0.25, 0.3) is 0 Å². The van der Waals surface area contributed by atoms with Crippen LogP contribution < -0.4 is 21.7 Å². The molecule has 6 N–H and O–H groups in total. The van der Waals surface area contributed by atoms with Gasteiger partial charge in [0.2, 0.25) is 5.91 Å². The van der Waals surface area contributed by atoms with Gasteiger partial charge in [-0.1, -0.05) is 19.1 Å². The van der Waals surface area contributed by atoms with E-state index in [0.717, 1.165) is 12.1 Å². The molecule has 1 amide bonds. The number of amides is 1. The lowest BCUT2D eigenvalue weighted by molar-refractivity contribution is -0.136. The van der Waals surface area contributed by atoms with E-state index in [1.807, 2.05) is 24.3 Å². The minimum Gasteiger partial charge on any atom is -0.480 e. The summed E-state index contributed by atoms with van der Waals surface area (Å²) in [6.07, 6.45) is 1.07. The van der Waals surface area contributed by atoms with Crippen LogP contribution in [-0.4, -0.2) is 200 Å². The molecule has 20 heteroatoms. The molecule has 0 saturated heterocycles. The number of benzene rings is 1. The van der Waals surface area contributed by atoms with E-state index in [0.29, 0.717) is 183 Å². The lowest BCUT2D eigenvalue weighted by Crippen LogP contribution is -2.31. The molecule has 0 saturated carbocycles. The van der Waals surface area contributed by atoms with Crippen molar-refractivity contribution in [3.63, 3.8) is 0 Å². The number of primary amides is 1. The number of rotatable bonds is 46. The molecule has 0 aliphatic rings. The van der Waals surface area contributed by atoms with Crippen molar-refractivity contribution in [3.8, 4) is 0 Å². The molecular formula is C40H72N4O15S. The van der Waals surface area contributed by atoms with Gasteiger partial charge in [-0.25, -0.2) is 0 Å². The minimum absolute atomic E-state index is 0.0272. The molecule has 348 valence electrons. The van der Waals surface area contributed by atoms with Crippen molar-refractivity contribution in [2.24, 2.45) is 11.7 Å². The number of hydrogen-bond acceptors (Lipinski definition) is 16. The van der Waals surface area contributed by atoms with E-state index in [4.69, 9.17) is 79.9 Å². The highest BCUT2D eigenvalue weighted by molar-refractivity contribution is 7.80. The third kappa shape index (κ3) is 40.7. The minimum atomic E-state index is -0.850. The number of carboxylic acids is 1. The third-order valence-electron chi connectivity index (χ3n) is 7.68. The monoisotopic (exact) mass is 880 g/mol. The van der Waals surface area contributed by atoms with Gasteiger partial charge in [-0.3, -0.25) is 9.59 Å². The van der Waals surface area contributed by atoms with Crippen LogP contribution >= 0.6 is 12.2 Å². The van der Waals surface area contributed by atoms with Gasteiger partial charge in [-0.15, -0.1) is 0 Å². The fraction of sp³-hybridized carbons (Fsp3) is 0.775. The maximum atomic E-state index is 10.6. The average Bonchev–Trinajstić information content (AvgIpc) is 3.22. The van der Waals surface area contributed by atoms with Crippen molar-refractivity contribution in [1.29, 1.82) is 0 Å². The zero-order chi connectivity index (χ0) is 43.4. The molecule has 1 atom stereocenters. The number of carbonyl (C=O) groups excluding carboxylic acids is 1. The van der Waals surface area contributed by atoms with E-state index in [-0.39, 0.29) is 18.9 Å². The van der Waals surface area contributed by atoms with E-state index in [1.54, 1.807) is 0 Å². The summed E-state index contributed by atoms with van der Waals surface area (Å²) in [7, 11) is 0. The Morgan fingerprint density at radius 3 is 1.23 bits per heavy atom. The summed E-state index contributed by atoms with van der Waals surface area (Å²) in [5.41, 5.74) is 7.09. The number of carboxylic acid groups (broad SMARTS) is 1. The van der Waals surface area contributed by atoms with Crippen molar-refractivity contribution >= 4 is 34.9 Å². The number of nitrogens with one attached hydrogen (secondary N) is 3. The molecule has 0 aliphatic heterocycles. The highest BCUT2D eigenvalue weighted by Crippen LogP contribution is 2.13. The molecule has 0 aromatic heterocycles. The normalized spacial score (nSPS) is 11.8. The molecule has 19 nitrogen and oxygen atoms in total. The van der Waals surface area contributed by atoms with Gasteiger partial charge in [0.1, 0.15) is 0 Å². The molecule has 0 heterocycles. The summed E-state index contributed by atoms with van der Waals surface area (Å²) in [5, 5.41) is 18.5. The summed E-state index contributed by atoms with van der Waals surface area (Å²) < 4.78 is 65.5. The van der Waals surface area contributed by atoms with Gasteiger partial charge in [0, 0.05) is 18.7 Å². The Labute approximate surface area is 361 Å². The lowest BCUT2D eigenvalue weighted by Gasteiger charge is -2.13. The molecule has 0 radical (unpaired) electrons. The summed E-state index contributed by atoms with van der Waals surface area (Å²) >= 11 is 5.36.